The number of benzene rings is 1. The van der Waals surface area contributed by atoms with E-state index in [0.717, 1.165) is 29.5 Å². The molecule has 0 amide bonds. The van der Waals surface area contributed by atoms with Crippen LogP contribution in [-0.2, 0) is 6.67 Å². The molecule has 1 aromatic carbocycles. The van der Waals surface area contributed by atoms with Crippen molar-refractivity contribution in [1.82, 2.24) is 14.0 Å². The van der Waals surface area contributed by atoms with Gasteiger partial charge in [-0.05, 0) is 48.6 Å². The molecule has 3 heterocycles. The Kier molecular flexibility index (Phi) is 4.24. The van der Waals surface area contributed by atoms with Crippen molar-refractivity contribution in [1.29, 1.82) is 0 Å². The van der Waals surface area contributed by atoms with E-state index in [-0.39, 0.29) is 4.77 Å². The lowest BCUT2D eigenvalue weighted by Gasteiger charge is -2.24. The Hall–Kier alpha value is -1.57. The fourth-order valence-corrected chi connectivity index (χ4v) is 4.77. The van der Waals surface area contributed by atoms with E-state index in [9.17, 15) is 8.78 Å². The highest BCUT2D eigenvalue weighted by Crippen LogP contribution is 2.35. The molecule has 126 valence electrons. The third-order valence-corrected chi connectivity index (χ3v) is 6.01. The second-order valence-electron chi connectivity index (χ2n) is 5.97. The number of para-hydroxylation sites is 2. The fraction of sp³-hybridized carbons (Fsp3) is 0.353. The summed E-state index contributed by atoms with van der Waals surface area (Å²) in [6.07, 6.45) is 2.21. The molecule has 3 aromatic rings. The number of halogens is 2. The largest absolute Gasteiger partial charge is 0.321 e. The van der Waals surface area contributed by atoms with Crippen molar-refractivity contribution in [3.63, 3.8) is 0 Å². The average Bonchev–Trinajstić information content (AvgIpc) is 3.28. The molecule has 7 heteroatoms. The van der Waals surface area contributed by atoms with Gasteiger partial charge in [-0.25, -0.2) is 0 Å². The molecule has 24 heavy (non-hydrogen) atoms. The average molecular weight is 365 g/mol. The molecule has 1 saturated heterocycles. The Morgan fingerprint density at radius 2 is 1.96 bits per heavy atom. The zero-order chi connectivity index (χ0) is 16.7. The first-order valence-corrected chi connectivity index (χ1v) is 9.21. The summed E-state index contributed by atoms with van der Waals surface area (Å²) >= 11 is 7.11. The SMILES string of the molecule is FC(F)n1c(=S)n(CN2CCCC2c2cccs2)c2ccccc21. The summed E-state index contributed by atoms with van der Waals surface area (Å²) in [5, 5.41) is 2.08. The van der Waals surface area contributed by atoms with Gasteiger partial charge in [0.05, 0.1) is 17.7 Å². The number of fused-ring (bicyclic) bond motifs is 1. The Morgan fingerprint density at radius 3 is 2.67 bits per heavy atom. The number of alkyl halides is 2. The van der Waals surface area contributed by atoms with E-state index in [1.165, 1.54) is 4.88 Å². The van der Waals surface area contributed by atoms with Crippen molar-refractivity contribution in [3.05, 3.63) is 51.4 Å². The summed E-state index contributed by atoms with van der Waals surface area (Å²) in [5.41, 5.74) is 1.25. The van der Waals surface area contributed by atoms with Crippen molar-refractivity contribution in [2.24, 2.45) is 0 Å². The van der Waals surface area contributed by atoms with Crippen LogP contribution >= 0.6 is 23.6 Å². The third kappa shape index (κ3) is 2.60. The highest BCUT2D eigenvalue weighted by Gasteiger charge is 2.28. The molecule has 0 N–H and O–H groups in total. The first kappa shape index (κ1) is 15.9. The minimum Gasteiger partial charge on any atom is -0.303 e. The Bertz CT molecular complexity index is 898. The summed E-state index contributed by atoms with van der Waals surface area (Å²) in [7, 11) is 0. The summed E-state index contributed by atoms with van der Waals surface area (Å²) in [4.78, 5) is 3.67. The van der Waals surface area contributed by atoms with Gasteiger partial charge < -0.3 is 4.57 Å². The van der Waals surface area contributed by atoms with Gasteiger partial charge in [0, 0.05) is 17.5 Å². The van der Waals surface area contributed by atoms with Gasteiger partial charge in [-0.3, -0.25) is 9.47 Å². The summed E-state index contributed by atoms with van der Waals surface area (Å²) in [6, 6.07) is 11.8. The van der Waals surface area contributed by atoms with Gasteiger partial charge in [0.2, 0.25) is 0 Å². The van der Waals surface area contributed by atoms with E-state index >= 15 is 0 Å². The molecule has 0 spiro atoms. The zero-order valence-electron chi connectivity index (χ0n) is 12.9. The molecule has 3 nitrogen and oxygen atoms in total. The summed E-state index contributed by atoms with van der Waals surface area (Å²) in [6.45, 7) is -1.13. The zero-order valence-corrected chi connectivity index (χ0v) is 14.6. The maximum Gasteiger partial charge on any atom is 0.321 e. The van der Waals surface area contributed by atoms with Crippen LogP contribution in [0.25, 0.3) is 11.0 Å². The van der Waals surface area contributed by atoms with Crippen LogP contribution in [0.5, 0.6) is 0 Å². The van der Waals surface area contributed by atoms with Crippen LogP contribution in [0, 0.1) is 4.77 Å². The molecule has 1 atom stereocenters. The standard InChI is InChI=1S/C17H17F2N3S2/c18-16(19)22-13-6-2-1-5-12(13)21(17(22)23)11-20-9-3-7-14(20)15-8-4-10-24-15/h1-2,4-6,8,10,14,16H,3,7,9,11H2. The molecule has 0 saturated carbocycles. The van der Waals surface area contributed by atoms with Crippen LogP contribution in [0.3, 0.4) is 0 Å². The second kappa shape index (κ2) is 6.38. The van der Waals surface area contributed by atoms with E-state index in [2.05, 4.69) is 22.4 Å². The first-order chi connectivity index (χ1) is 11.7. The second-order valence-corrected chi connectivity index (χ2v) is 7.32. The highest BCUT2D eigenvalue weighted by atomic mass is 32.1. The van der Waals surface area contributed by atoms with Gasteiger partial charge in [-0.15, -0.1) is 11.3 Å². The lowest BCUT2D eigenvalue weighted by Crippen LogP contribution is -2.26. The van der Waals surface area contributed by atoms with Crippen LogP contribution in [0.4, 0.5) is 8.78 Å². The molecule has 2 aromatic heterocycles. The van der Waals surface area contributed by atoms with Crippen molar-refractivity contribution >= 4 is 34.6 Å². The molecule has 1 unspecified atom stereocenters. The minimum absolute atomic E-state index is 0.183. The van der Waals surface area contributed by atoms with Gasteiger partial charge in [0.15, 0.2) is 4.77 Å². The number of likely N-dealkylation sites (tertiary alicyclic amines) is 1. The van der Waals surface area contributed by atoms with Gasteiger partial charge in [-0.2, -0.15) is 8.78 Å². The molecule has 1 fully saturated rings. The molecular formula is C17H17F2N3S2. The highest BCUT2D eigenvalue weighted by molar-refractivity contribution is 7.71. The number of hydrogen-bond acceptors (Lipinski definition) is 3. The number of hydrogen-bond donors (Lipinski definition) is 0. The fourth-order valence-electron chi connectivity index (χ4n) is 3.54. The Balaban J connectivity index is 1.75. The van der Waals surface area contributed by atoms with E-state index < -0.39 is 6.55 Å². The topological polar surface area (TPSA) is 13.1 Å². The molecule has 0 aliphatic carbocycles. The molecule has 0 radical (unpaired) electrons. The Labute approximate surface area is 147 Å². The summed E-state index contributed by atoms with van der Waals surface area (Å²) in [5.74, 6) is 0. The molecular weight excluding hydrogens is 348 g/mol. The number of rotatable bonds is 4. The van der Waals surface area contributed by atoms with E-state index in [4.69, 9.17) is 12.2 Å². The maximum absolute atomic E-state index is 13.5. The van der Waals surface area contributed by atoms with Crippen LogP contribution in [0.1, 0.15) is 30.3 Å². The van der Waals surface area contributed by atoms with E-state index in [0.29, 0.717) is 18.2 Å². The number of imidazole rings is 1. The number of aromatic nitrogens is 2. The minimum atomic E-state index is -2.63. The lowest BCUT2D eigenvalue weighted by molar-refractivity contribution is 0.0714. The lowest BCUT2D eigenvalue weighted by atomic mass is 10.2. The van der Waals surface area contributed by atoms with Gasteiger partial charge in [0.25, 0.3) is 0 Å². The van der Waals surface area contributed by atoms with Gasteiger partial charge in [-0.1, -0.05) is 18.2 Å². The monoisotopic (exact) mass is 365 g/mol. The van der Waals surface area contributed by atoms with Crippen molar-refractivity contribution in [2.75, 3.05) is 6.54 Å². The van der Waals surface area contributed by atoms with Crippen molar-refractivity contribution < 1.29 is 8.78 Å². The van der Waals surface area contributed by atoms with Crippen molar-refractivity contribution in [2.45, 2.75) is 32.1 Å². The van der Waals surface area contributed by atoms with Gasteiger partial charge in [0.1, 0.15) is 0 Å². The predicted molar refractivity (Wildman–Crippen MR) is 95.0 cm³/mol. The smallest absolute Gasteiger partial charge is 0.303 e. The number of nitrogens with zero attached hydrogens (tertiary/aromatic N) is 3. The van der Waals surface area contributed by atoms with E-state index in [1.54, 1.807) is 23.5 Å². The first-order valence-electron chi connectivity index (χ1n) is 7.92. The maximum atomic E-state index is 13.5. The number of thiophene rings is 1. The van der Waals surface area contributed by atoms with Gasteiger partial charge >= 0.3 is 6.55 Å². The quantitative estimate of drug-likeness (QED) is 0.573. The predicted octanol–water partition coefficient (Wildman–Crippen LogP) is 5.42. The van der Waals surface area contributed by atoms with Crippen LogP contribution in [0.2, 0.25) is 0 Å². The third-order valence-electron chi connectivity index (χ3n) is 4.62. The normalized spacial score (nSPS) is 18.9. The molecule has 0 bridgehead atoms. The van der Waals surface area contributed by atoms with Crippen LogP contribution < -0.4 is 0 Å². The summed E-state index contributed by atoms with van der Waals surface area (Å²) < 4.78 is 29.9. The molecule has 4 rings (SSSR count). The molecule has 1 aliphatic heterocycles. The molecule has 1 aliphatic rings. The van der Waals surface area contributed by atoms with Crippen molar-refractivity contribution in [3.8, 4) is 0 Å². The van der Waals surface area contributed by atoms with Crippen LogP contribution in [0.15, 0.2) is 41.8 Å². The Morgan fingerprint density at radius 1 is 1.17 bits per heavy atom. The van der Waals surface area contributed by atoms with Crippen LogP contribution in [-0.4, -0.2) is 20.6 Å². The van der Waals surface area contributed by atoms with E-state index in [1.807, 2.05) is 16.7 Å².